The zero-order chi connectivity index (χ0) is 13.6. The molecule has 0 radical (unpaired) electrons. The lowest BCUT2D eigenvalue weighted by Gasteiger charge is -2.01. The molecule has 96 valence electrons. The Morgan fingerprint density at radius 3 is 2.00 bits per heavy atom. The minimum atomic E-state index is 0.972. The molecule has 0 atom stereocenters. The third kappa shape index (κ3) is 3.01. The lowest BCUT2D eigenvalue weighted by molar-refractivity contribution is 1.30. The highest BCUT2D eigenvalue weighted by Crippen LogP contribution is 2.19. The van der Waals surface area contributed by atoms with E-state index in [1.807, 2.05) is 30.3 Å². The van der Waals surface area contributed by atoms with Gasteiger partial charge in [0.2, 0.25) is 0 Å². The van der Waals surface area contributed by atoms with Gasteiger partial charge in [-0.3, -0.25) is 4.98 Å². The van der Waals surface area contributed by atoms with Crippen LogP contribution in [-0.4, -0.2) is 4.98 Å². The normalized spacial score (nSPS) is 10.8. The summed E-state index contributed by atoms with van der Waals surface area (Å²) in [6.45, 7) is 0. The summed E-state index contributed by atoms with van der Waals surface area (Å²) in [6, 6.07) is 24.9. The van der Waals surface area contributed by atoms with Crippen molar-refractivity contribution in [2.24, 2.45) is 0 Å². The van der Waals surface area contributed by atoms with Crippen LogP contribution in [0.15, 0.2) is 79.0 Å². The second kappa shape index (κ2) is 5.98. The second-order valence-electron chi connectivity index (χ2n) is 4.58. The van der Waals surface area contributed by atoms with Crippen molar-refractivity contribution < 1.29 is 0 Å². The largest absolute Gasteiger partial charge is 0.257 e. The molecule has 0 unspecified atom stereocenters. The van der Waals surface area contributed by atoms with E-state index in [9.17, 15) is 0 Å². The lowest BCUT2D eigenvalue weighted by atomic mass is 10.0. The molecule has 0 fully saturated rings. The van der Waals surface area contributed by atoms with Gasteiger partial charge in [0.25, 0.3) is 0 Å². The van der Waals surface area contributed by atoms with Crippen molar-refractivity contribution in [2.75, 3.05) is 0 Å². The average molecular weight is 257 g/mol. The average Bonchev–Trinajstić information content (AvgIpc) is 2.55. The molecular weight excluding hydrogens is 242 g/mol. The zero-order valence-electron chi connectivity index (χ0n) is 11.1. The minimum absolute atomic E-state index is 0.972. The predicted octanol–water partition coefficient (Wildman–Crippen LogP) is 4.92. The van der Waals surface area contributed by atoms with Gasteiger partial charge in [0.05, 0.1) is 5.69 Å². The fourth-order valence-corrected chi connectivity index (χ4v) is 2.07. The third-order valence-electron chi connectivity index (χ3n) is 3.15. The molecule has 1 heterocycles. The summed E-state index contributed by atoms with van der Waals surface area (Å²) < 4.78 is 0. The van der Waals surface area contributed by atoms with Crippen LogP contribution < -0.4 is 0 Å². The molecule has 0 saturated heterocycles. The molecule has 0 bridgehead atoms. The van der Waals surface area contributed by atoms with Gasteiger partial charge in [-0.15, -0.1) is 0 Å². The van der Waals surface area contributed by atoms with E-state index in [0.29, 0.717) is 0 Å². The van der Waals surface area contributed by atoms with Gasteiger partial charge in [0, 0.05) is 6.20 Å². The zero-order valence-corrected chi connectivity index (χ0v) is 11.1. The summed E-state index contributed by atoms with van der Waals surface area (Å²) in [5.74, 6) is 0. The van der Waals surface area contributed by atoms with E-state index >= 15 is 0 Å². The monoisotopic (exact) mass is 257 g/mol. The molecule has 0 aliphatic rings. The first-order chi connectivity index (χ1) is 9.92. The summed E-state index contributed by atoms with van der Waals surface area (Å²) in [4.78, 5) is 4.27. The first-order valence-electron chi connectivity index (χ1n) is 6.66. The number of hydrogen-bond acceptors (Lipinski definition) is 1. The highest BCUT2D eigenvalue weighted by atomic mass is 14.6. The Hall–Kier alpha value is -2.67. The molecular formula is C19H15N. The lowest BCUT2D eigenvalue weighted by Crippen LogP contribution is -1.79. The standard InChI is InChI=1S/C19H15N/c1-2-6-17(7-3-1)18-12-9-16(10-13-18)11-14-19-8-4-5-15-20-19/h1-15H. The predicted molar refractivity (Wildman–Crippen MR) is 85.0 cm³/mol. The van der Waals surface area contributed by atoms with E-state index in [1.165, 1.54) is 16.7 Å². The van der Waals surface area contributed by atoms with Crippen molar-refractivity contribution >= 4 is 12.2 Å². The Morgan fingerprint density at radius 1 is 0.600 bits per heavy atom. The molecule has 3 rings (SSSR count). The number of hydrogen-bond donors (Lipinski definition) is 0. The molecule has 0 spiro atoms. The SMILES string of the molecule is C(=Cc1ccccn1)c1ccc(-c2ccccc2)cc1. The van der Waals surface area contributed by atoms with Crippen LogP contribution in [-0.2, 0) is 0 Å². The molecule has 1 heteroatoms. The maximum Gasteiger partial charge on any atom is 0.0629 e. The Labute approximate surface area is 119 Å². The van der Waals surface area contributed by atoms with E-state index < -0.39 is 0 Å². The molecule has 0 amide bonds. The Bertz CT molecular complexity index is 683. The highest BCUT2D eigenvalue weighted by Gasteiger charge is 1.95. The number of nitrogens with zero attached hydrogens (tertiary/aromatic N) is 1. The summed E-state index contributed by atoms with van der Waals surface area (Å²) >= 11 is 0. The van der Waals surface area contributed by atoms with Crippen LogP contribution in [0, 0.1) is 0 Å². The molecule has 0 saturated carbocycles. The summed E-state index contributed by atoms with van der Waals surface area (Å²) in [5.41, 5.74) is 4.63. The molecule has 3 aromatic rings. The number of rotatable bonds is 3. The van der Waals surface area contributed by atoms with E-state index in [2.05, 4.69) is 59.6 Å². The second-order valence-corrected chi connectivity index (χ2v) is 4.58. The highest BCUT2D eigenvalue weighted by molar-refractivity contribution is 5.71. The molecule has 20 heavy (non-hydrogen) atoms. The maximum absolute atomic E-state index is 4.27. The van der Waals surface area contributed by atoms with E-state index in [1.54, 1.807) is 6.20 Å². The summed E-state index contributed by atoms with van der Waals surface area (Å²) in [6.07, 6.45) is 5.91. The van der Waals surface area contributed by atoms with Crippen molar-refractivity contribution in [3.8, 4) is 11.1 Å². The minimum Gasteiger partial charge on any atom is -0.257 e. The van der Waals surface area contributed by atoms with Gasteiger partial charge in [-0.1, -0.05) is 66.7 Å². The van der Waals surface area contributed by atoms with Crippen molar-refractivity contribution in [2.45, 2.75) is 0 Å². The van der Waals surface area contributed by atoms with E-state index in [0.717, 1.165) is 5.69 Å². The van der Waals surface area contributed by atoms with Crippen molar-refractivity contribution in [1.29, 1.82) is 0 Å². The quantitative estimate of drug-likeness (QED) is 0.649. The molecule has 0 aliphatic carbocycles. The van der Waals surface area contributed by atoms with Crippen LogP contribution in [0.2, 0.25) is 0 Å². The third-order valence-corrected chi connectivity index (χ3v) is 3.15. The van der Waals surface area contributed by atoms with E-state index in [-0.39, 0.29) is 0 Å². The number of pyridine rings is 1. The topological polar surface area (TPSA) is 12.9 Å². The van der Waals surface area contributed by atoms with Crippen molar-refractivity contribution in [1.82, 2.24) is 4.98 Å². The number of benzene rings is 2. The van der Waals surface area contributed by atoms with Gasteiger partial charge in [0.1, 0.15) is 0 Å². The Morgan fingerprint density at radius 2 is 1.30 bits per heavy atom. The maximum atomic E-state index is 4.27. The molecule has 1 nitrogen and oxygen atoms in total. The van der Waals surface area contributed by atoms with Gasteiger partial charge >= 0.3 is 0 Å². The summed E-state index contributed by atoms with van der Waals surface area (Å²) in [7, 11) is 0. The van der Waals surface area contributed by atoms with Crippen LogP contribution in [0.4, 0.5) is 0 Å². The van der Waals surface area contributed by atoms with Gasteiger partial charge < -0.3 is 0 Å². The molecule has 0 aliphatic heterocycles. The fourth-order valence-electron chi connectivity index (χ4n) is 2.07. The fraction of sp³-hybridized carbons (Fsp3) is 0. The van der Waals surface area contributed by atoms with Gasteiger partial charge in [0.15, 0.2) is 0 Å². The van der Waals surface area contributed by atoms with Crippen molar-refractivity contribution in [3.05, 3.63) is 90.3 Å². The van der Waals surface area contributed by atoms with Gasteiger partial charge in [-0.25, -0.2) is 0 Å². The first-order valence-corrected chi connectivity index (χ1v) is 6.66. The number of aromatic nitrogens is 1. The van der Waals surface area contributed by atoms with Crippen LogP contribution in [0.3, 0.4) is 0 Å². The molecule has 0 N–H and O–H groups in total. The van der Waals surface area contributed by atoms with Crippen LogP contribution in [0.1, 0.15) is 11.3 Å². The van der Waals surface area contributed by atoms with Crippen LogP contribution >= 0.6 is 0 Å². The Kier molecular flexibility index (Phi) is 3.70. The van der Waals surface area contributed by atoms with Gasteiger partial charge in [-0.2, -0.15) is 0 Å². The van der Waals surface area contributed by atoms with Crippen LogP contribution in [0.25, 0.3) is 23.3 Å². The van der Waals surface area contributed by atoms with E-state index in [4.69, 9.17) is 0 Å². The molecule has 2 aromatic carbocycles. The van der Waals surface area contributed by atoms with Gasteiger partial charge in [-0.05, 0) is 34.9 Å². The smallest absolute Gasteiger partial charge is 0.0629 e. The van der Waals surface area contributed by atoms with Crippen LogP contribution in [0.5, 0.6) is 0 Å². The van der Waals surface area contributed by atoms with Crippen molar-refractivity contribution in [3.63, 3.8) is 0 Å². The molecule has 1 aromatic heterocycles. The Balaban J connectivity index is 1.79. The first kappa shape index (κ1) is 12.4. The summed E-state index contributed by atoms with van der Waals surface area (Å²) in [5, 5.41) is 0.